The van der Waals surface area contributed by atoms with Crippen LogP contribution in [0, 0.1) is 0 Å². The Bertz CT molecular complexity index is 409. The van der Waals surface area contributed by atoms with Gasteiger partial charge in [0.1, 0.15) is 6.54 Å². The van der Waals surface area contributed by atoms with Gasteiger partial charge in [0.2, 0.25) is 0 Å². The second kappa shape index (κ2) is 6.70. The first-order valence-electron chi connectivity index (χ1n) is 7.77. The average molecular weight is 278 g/mol. The van der Waals surface area contributed by atoms with Gasteiger partial charge < -0.3 is 15.2 Å². The van der Waals surface area contributed by atoms with Gasteiger partial charge in [-0.25, -0.2) is 0 Å². The molecule has 1 aromatic rings. The van der Waals surface area contributed by atoms with Gasteiger partial charge in [-0.1, -0.05) is 37.3 Å². The zero-order valence-electron chi connectivity index (χ0n) is 12.8. The maximum Gasteiger partial charge on any atom is 0.101 e. The summed E-state index contributed by atoms with van der Waals surface area (Å²) in [6.45, 7) is 6.88. The molecule has 1 aliphatic rings. The number of ether oxygens (including phenoxy) is 1. The number of nitrogens with two attached hydrogens (primary N) is 1. The molecule has 1 saturated heterocycles. The van der Waals surface area contributed by atoms with Crippen molar-refractivity contribution in [2.24, 2.45) is 0 Å². The summed E-state index contributed by atoms with van der Waals surface area (Å²) in [6.07, 6.45) is 3.33. The molecule has 0 unspecified atom stereocenters. The van der Waals surface area contributed by atoms with Crippen molar-refractivity contribution in [1.29, 1.82) is 0 Å². The Hall–Kier alpha value is -0.900. The summed E-state index contributed by atoms with van der Waals surface area (Å²) in [5, 5.41) is 13.0. The largest absolute Gasteiger partial charge is 0.389 e. The van der Waals surface area contributed by atoms with Crippen molar-refractivity contribution in [2.45, 2.75) is 57.3 Å². The summed E-state index contributed by atoms with van der Waals surface area (Å²) >= 11 is 0. The molecular formula is C17H28NO2+. The van der Waals surface area contributed by atoms with E-state index in [4.69, 9.17) is 4.74 Å². The minimum Gasteiger partial charge on any atom is -0.389 e. The van der Waals surface area contributed by atoms with E-state index < -0.39 is 5.60 Å². The van der Waals surface area contributed by atoms with Crippen molar-refractivity contribution < 1.29 is 15.2 Å². The van der Waals surface area contributed by atoms with Gasteiger partial charge in [-0.15, -0.1) is 0 Å². The predicted octanol–water partition coefficient (Wildman–Crippen LogP) is 1.85. The fourth-order valence-corrected chi connectivity index (χ4v) is 3.02. The molecule has 20 heavy (non-hydrogen) atoms. The number of hydrogen-bond donors (Lipinski definition) is 2. The van der Waals surface area contributed by atoms with Gasteiger partial charge in [0.25, 0.3) is 0 Å². The van der Waals surface area contributed by atoms with Crippen LogP contribution >= 0.6 is 0 Å². The van der Waals surface area contributed by atoms with Gasteiger partial charge >= 0.3 is 0 Å². The molecule has 0 spiro atoms. The third-order valence-corrected chi connectivity index (χ3v) is 4.51. The fourth-order valence-electron chi connectivity index (χ4n) is 3.02. The Morgan fingerprint density at radius 2 is 2.05 bits per heavy atom. The van der Waals surface area contributed by atoms with E-state index in [1.807, 2.05) is 6.07 Å². The number of hydrogen-bond acceptors (Lipinski definition) is 2. The quantitative estimate of drug-likeness (QED) is 0.780. The van der Waals surface area contributed by atoms with Crippen LogP contribution in [0.5, 0.6) is 0 Å². The summed E-state index contributed by atoms with van der Waals surface area (Å²) in [7, 11) is 0. The second-order valence-corrected chi connectivity index (χ2v) is 6.32. The molecule has 0 bridgehead atoms. The fraction of sp³-hybridized carbons (Fsp3) is 0.647. The Morgan fingerprint density at radius 1 is 1.30 bits per heavy atom. The number of aliphatic hydroxyl groups is 1. The van der Waals surface area contributed by atoms with E-state index in [0.29, 0.717) is 6.61 Å². The van der Waals surface area contributed by atoms with Gasteiger partial charge in [0.15, 0.2) is 0 Å². The lowest BCUT2D eigenvalue weighted by molar-refractivity contribution is -0.672. The molecule has 0 aromatic heterocycles. The Kier molecular flexibility index (Phi) is 5.19. The zero-order chi connectivity index (χ0) is 14.5. The van der Waals surface area contributed by atoms with E-state index in [1.165, 1.54) is 5.56 Å². The number of quaternary nitrogens is 1. The summed E-state index contributed by atoms with van der Waals surface area (Å²) in [5.41, 5.74) is 0.646. The van der Waals surface area contributed by atoms with Gasteiger partial charge in [-0.05, 0) is 19.8 Å². The Balaban J connectivity index is 1.75. The van der Waals surface area contributed by atoms with Crippen molar-refractivity contribution in [3.63, 3.8) is 0 Å². The predicted molar refractivity (Wildman–Crippen MR) is 80.4 cm³/mol. The molecule has 3 N–H and O–H groups in total. The molecule has 3 nitrogen and oxygen atoms in total. The molecule has 1 heterocycles. The van der Waals surface area contributed by atoms with Crippen molar-refractivity contribution in [3.8, 4) is 0 Å². The molecule has 0 aliphatic carbocycles. The highest BCUT2D eigenvalue weighted by atomic mass is 16.5. The van der Waals surface area contributed by atoms with Crippen LogP contribution in [0.15, 0.2) is 30.3 Å². The lowest BCUT2D eigenvalue weighted by Gasteiger charge is -2.42. The van der Waals surface area contributed by atoms with Crippen molar-refractivity contribution in [1.82, 2.24) is 0 Å². The third kappa shape index (κ3) is 4.30. The van der Waals surface area contributed by atoms with Crippen LogP contribution in [0.25, 0.3) is 0 Å². The first-order chi connectivity index (χ1) is 9.55. The van der Waals surface area contributed by atoms with E-state index in [1.54, 1.807) is 0 Å². The summed E-state index contributed by atoms with van der Waals surface area (Å²) in [6, 6.07) is 10.5. The molecule has 2 atom stereocenters. The van der Waals surface area contributed by atoms with Gasteiger partial charge in [0.05, 0.1) is 24.4 Å². The van der Waals surface area contributed by atoms with Crippen LogP contribution in [-0.4, -0.2) is 29.5 Å². The standard InChI is InChI=1S/C17H27NO2/c1-3-16(2)14-17(19,10-12-20-16)9-11-18-13-15-7-5-4-6-8-15/h4-8,18-19H,3,9-14H2,1-2H3/p+1/t16-,17+/m0/s1. The van der Waals surface area contributed by atoms with Crippen LogP contribution in [0.3, 0.4) is 0 Å². The summed E-state index contributed by atoms with van der Waals surface area (Å²) < 4.78 is 5.82. The highest BCUT2D eigenvalue weighted by Gasteiger charge is 2.40. The smallest absolute Gasteiger partial charge is 0.101 e. The average Bonchev–Trinajstić information content (AvgIpc) is 2.45. The lowest BCUT2D eigenvalue weighted by Crippen LogP contribution is -2.83. The zero-order valence-corrected chi connectivity index (χ0v) is 12.8. The first-order valence-corrected chi connectivity index (χ1v) is 7.77. The van der Waals surface area contributed by atoms with Gasteiger partial charge in [-0.2, -0.15) is 0 Å². The van der Waals surface area contributed by atoms with Crippen molar-refractivity contribution in [2.75, 3.05) is 13.2 Å². The maximum atomic E-state index is 10.7. The molecule has 1 aromatic carbocycles. The molecule has 0 radical (unpaired) electrons. The topological polar surface area (TPSA) is 46.1 Å². The molecule has 3 heteroatoms. The van der Waals surface area contributed by atoms with Crippen LogP contribution in [0.1, 0.15) is 45.1 Å². The van der Waals surface area contributed by atoms with Crippen molar-refractivity contribution >= 4 is 0 Å². The minimum atomic E-state index is -0.545. The maximum absolute atomic E-state index is 10.7. The molecule has 1 fully saturated rings. The van der Waals surface area contributed by atoms with E-state index in [0.717, 1.165) is 38.8 Å². The SMILES string of the molecule is CC[C@@]1(C)C[C@@](O)(CC[NH2+]Cc2ccccc2)CCO1. The lowest BCUT2D eigenvalue weighted by atomic mass is 9.80. The van der Waals surface area contributed by atoms with Gasteiger partial charge in [-0.3, -0.25) is 0 Å². The summed E-state index contributed by atoms with van der Waals surface area (Å²) in [5.74, 6) is 0. The van der Waals surface area contributed by atoms with Crippen molar-refractivity contribution in [3.05, 3.63) is 35.9 Å². The first kappa shape index (κ1) is 15.5. The normalized spacial score (nSPS) is 30.4. The number of rotatable bonds is 6. The third-order valence-electron chi connectivity index (χ3n) is 4.51. The number of benzene rings is 1. The molecule has 1 aliphatic heterocycles. The highest BCUT2D eigenvalue weighted by Crippen LogP contribution is 2.35. The van der Waals surface area contributed by atoms with E-state index in [9.17, 15) is 5.11 Å². The molecule has 2 rings (SSSR count). The molecule has 0 amide bonds. The molecular weight excluding hydrogens is 250 g/mol. The van der Waals surface area contributed by atoms with E-state index in [-0.39, 0.29) is 5.60 Å². The highest BCUT2D eigenvalue weighted by molar-refractivity contribution is 5.12. The second-order valence-electron chi connectivity index (χ2n) is 6.32. The Labute approximate surface area is 122 Å². The van der Waals surface area contributed by atoms with Crippen LogP contribution in [-0.2, 0) is 11.3 Å². The minimum absolute atomic E-state index is 0.146. The van der Waals surface area contributed by atoms with Gasteiger partial charge in [0, 0.05) is 18.4 Å². The Morgan fingerprint density at radius 3 is 2.75 bits per heavy atom. The van der Waals surface area contributed by atoms with Crippen LogP contribution in [0.2, 0.25) is 0 Å². The van der Waals surface area contributed by atoms with E-state index >= 15 is 0 Å². The summed E-state index contributed by atoms with van der Waals surface area (Å²) in [4.78, 5) is 0. The monoisotopic (exact) mass is 278 g/mol. The molecule has 0 saturated carbocycles. The molecule has 112 valence electrons. The van der Waals surface area contributed by atoms with Crippen LogP contribution < -0.4 is 5.32 Å². The van der Waals surface area contributed by atoms with Crippen LogP contribution in [0.4, 0.5) is 0 Å². The van der Waals surface area contributed by atoms with E-state index in [2.05, 4.69) is 43.4 Å².